The van der Waals surface area contributed by atoms with Crippen molar-refractivity contribution in [2.45, 2.75) is 23.8 Å². The lowest BCUT2D eigenvalue weighted by Gasteiger charge is -2.35. The highest BCUT2D eigenvalue weighted by Gasteiger charge is 2.28. The van der Waals surface area contributed by atoms with Gasteiger partial charge in [-0.3, -0.25) is 4.79 Å². The Morgan fingerprint density at radius 2 is 1.78 bits per heavy atom. The van der Waals surface area contributed by atoms with Crippen LogP contribution in [0.25, 0.3) is 0 Å². The van der Waals surface area contributed by atoms with Crippen molar-refractivity contribution in [2.75, 3.05) is 53.5 Å². The van der Waals surface area contributed by atoms with Crippen LogP contribution in [-0.4, -0.2) is 88.0 Å². The molecule has 0 aromatic heterocycles. The Morgan fingerprint density at radius 1 is 1.15 bits per heavy atom. The molecule has 1 amide bonds. The Hall–Kier alpha value is -1.19. The molecule has 1 aromatic carbocycles. The minimum absolute atomic E-state index is 0. The molecule has 0 bridgehead atoms. The van der Waals surface area contributed by atoms with Crippen LogP contribution in [0.1, 0.15) is 23.2 Å². The van der Waals surface area contributed by atoms with Crippen molar-refractivity contribution < 1.29 is 30.4 Å². The van der Waals surface area contributed by atoms with E-state index in [1.165, 1.54) is 10.4 Å². The van der Waals surface area contributed by atoms with E-state index in [1.807, 2.05) is 7.05 Å². The molecule has 0 spiro atoms. The molecule has 1 aromatic rings. The number of amides is 1. The number of sulfonamides is 1. The van der Waals surface area contributed by atoms with E-state index in [0.717, 1.165) is 25.9 Å². The molecular weight excluding hydrogens is 390 g/mol. The average Bonchev–Trinajstić information content (AvgIpc) is 2.68. The molecule has 7 nitrogen and oxygen atoms in total. The molecule has 3 rings (SSSR count). The molecule has 9 heteroatoms. The standard InChI is InChI=1S/C18H27N3O4S.ClH/c1-19-8-6-16(7-9-19)20(2)18(22)15-4-3-5-17(14-15)26(23,24)21-10-12-25-13-11-21;/h3-5,14,16H,6-13H2,1-2H3;1H/p-1. The summed E-state index contributed by atoms with van der Waals surface area (Å²) in [6.45, 7) is 3.42. The van der Waals surface area contributed by atoms with Gasteiger partial charge in [0.1, 0.15) is 0 Å². The van der Waals surface area contributed by atoms with E-state index in [1.54, 1.807) is 23.1 Å². The molecule has 0 radical (unpaired) electrons. The van der Waals surface area contributed by atoms with Gasteiger partial charge in [0, 0.05) is 31.7 Å². The number of morpholine rings is 1. The van der Waals surface area contributed by atoms with E-state index in [0.29, 0.717) is 31.9 Å². The van der Waals surface area contributed by atoms with E-state index in [9.17, 15) is 13.2 Å². The van der Waals surface area contributed by atoms with E-state index < -0.39 is 10.0 Å². The number of carbonyl (C=O) groups is 1. The number of ether oxygens (including phenoxy) is 1. The van der Waals surface area contributed by atoms with Gasteiger partial charge in [0.2, 0.25) is 10.0 Å². The third-order valence-electron chi connectivity index (χ3n) is 5.24. The Bertz CT molecular complexity index is 745. The number of nitrogens with zero attached hydrogens (tertiary/aromatic N) is 3. The van der Waals surface area contributed by atoms with Crippen LogP contribution < -0.4 is 12.4 Å². The third-order valence-corrected chi connectivity index (χ3v) is 7.14. The summed E-state index contributed by atoms with van der Waals surface area (Å²) in [6.07, 6.45) is 1.87. The van der Waals surface area contributed by atoms with Gasteiger partial charge >= 0.3 is 0 Å². The normalized spacial score (nSPS) is 20.1. The fraction of sp³-hybridized carbons (Fsp3) is 0.611. The quantitative estimate of drug-likeness (QED) is 0.561. The molecule has 0 aliphatic carbocycles. The summed E-state index contributed by atoms with van der Waals surface area (Å²) < 4.78 is 32.3. The molecule has 2 aliphatic rings. The van der Waals surface area contributed by atoms with Crippen LogP contribution in [0.3, 0.4) is 0 Å². The van der Waals surface area contributed by atoms with Gasteiger partial charge < -0.3 is 26.9 Å². The summed E-state index contributed by atoms with van der Waals surface area (Å²) in [5, 5.41) is 0. The van der Waals surface area contributed by atoms with Gasteiger partial charge in [0.25, 0.3) is 5.91 Å². The largest absolute Gasteiger partial charge is 1.00 e. The zero-order chi connectivity index (χ0) is 18.7. The lowest BCUT2D eigenvalue weighted by Crippen LogP contribution is -3.00. The Morgan fingerprint density at radius 3 is 2.41 bits per heavy atom. The van der Waals surface area contributed by atoms with Crippen molar-refractivity contribution in [2.24, 2.45) is 0 Å². The highest BCUT2D eigenvalue weighted by Crippen LogP contribution is 2.21. The fourth-order valence-electron chi connectivity index (χ4n) is 3.48. The first-order valence-corrected chi connectivity index (χ1v) is 10.5. The Kier molecular flexibility index (Phi) is 7.64. The fourth-order valence-corrected chi connectivity index (χ4v) is 4.93. The van der Waals surface area contributed by atoms with E-state index in [2.05, 4.69) is 11.9 Å². The van der Waals surface area contributed by atoms with Gasteiger partial charge in [-0.15, -0.1) is 0 Å². The molecule has 27 heavy (non-hydrogen) atoms. The molecule has 2 saturated heterocycles. The molecule has 2 fully saturated rings. The van der Waals surface area contributed by atoms with Crippen molar-refractivity contribution in [1.82, 2.24) is 14.1 Å². The highest BCUT2D eigenvalue weighted by atomic mass is 35.5. The highest BCUT2D eigenvalue weighted by molar-refractivity contribution is 7.89. The molecule has 0 N–H and O–H groups in total. The topological polar surface area (TPSA) is 70.2 Å². The third kappa shape index (κ3) is 5.00. The van der Waals surface area contributed by atoms with Crippen molar-refractivity contribution >= 4 is 15.9 Å². The van der Waals surface area contributed by atoms with Crippen LogP contribution in [0.4, 0.5) is 0 Å². The molecule has 0 unspecified atom stereocenters. The minimum atomic E-state index is -3.60. The van der Waals surface area contributed by atoms with Gasteiger partial charge in [-0.05, 0) is 51.2 Å². The van der Waals surface area contributed by atoms with Gasteiger partial charge in [-0.2, -0.15) is 4.31 Å². The Balaban J connectivity index is 0.00000261. The van der Waals surface area contributed by atoms with Crippen LogP contribution in [-0.2, 0) is 14.8 Å². The van der Waals surface area contributed by atoms with Crippen molar-refractivity contribution in [3.8, 4) is 0 Å². The van der Waals surface area contributed by atoms with E-state index in [4.69, 9.17) is 4.74 Å². The first-order valence-electron chi connectivity index (χ1n) is 9.03. The SMILES string of the molecule is CN1CCC(N(C)C(=O)c2cccc(S(=O)(=O)N3CCOCC3)c2)CC1.[Cl-]. The van der Waals surface area contributed by atoms with E-state index >= 15 is 0 Å². The van der Waals surface area contributed by atoms with Crippen LogP contribution in [0.2, 0.25) is 0 Å². The van der Waals surface area contributed by atoms with Crippen LogP contribution in [0.15, 0.2) is 29.2 Å². The van der Waals surface area contributed by atoms with Gasteiger partial charge in [0.05, 0.1) is 18.1 Å². The number of halogens is 1. The number of likely N-dealkylation sites (tertiary alicyclic amines) is 1. The first-order chi connectivity index (χ1) is 12.4. The minimum Gasteiger partial charge on any atom is -1.00 e. The van der Waals surface area contributed by atoms with Gasteiger partial charge in [-0.25, -0.2) is 8.42 Å². The van der Waals surface area contributed by atoms with Crippen molar-refractivity contribution in [1.29, 1.82) is 0 Å². The van der Waals surface area contributed by atoms with Gasteiger partial charge in [0.15, 0.2) is 0 Å². The van der Waals surface area contributed by atoms with Crippen LogP contribution >= 0.6 is 0 Å². The lowest BCUT2D eigenvalue weighted by molar-refractivity contribution is -0.0000190. The number of hydrogen-bond donors (Lipinski definition) is 0. The zero-order valence-corrected chi connectivity index (χ0v) is 17.4. The summed E-state index contributed by atoms with van der Waals surface area (Å²) >= 11 is 0. The van der Waals surface area contributed by atoms with E-state index in [-0.39, 0.29) is 29.3 Å². The van der Waals surface area contributed by atoms with Crippen molar-refractivity contribution in [3.63, 3.8) is 0 Å². The average molecular weight is 417 g/mol. The molecular formula is C18H27ClN3O4S-. The lowest BCUT2D eigenvalue weighted by atomic mass is 10.0. The smallest absolute Gasteiger partial charge is 0.253 e. The molecule has 0 saturated carbocycles. The van der Waals surface area contributed by atoms with Gasteiger partial charge in [-0.1, -0.05) is 6.07 Å². The number of rotatable bonds is 4. The molecule has 2 heterocycles. The summed E-state index contributed by atoms with van der Waals surface area (Å²) in [6, 6.07) is 6.57. The summed E-state index contributed by atoms with van der Waals surface area (Å²) in [4.78, 5) is 17.0. The molecule has 2 aliphatic heterocycles. The maximum atomic E-state index is 12.9. The second-order valence-corrected chi connectivity index (χ2v) is 8.93. The predicted molar refractivity (Wildman–Crippen MR) is 98.6 cm³/mol. The predicted octanol–water partition coefficient (Wildman–Crippen LogP) is -2.12. The summed E-state index contributed by atoms with van der Waals surface area (Å²) in [5.41, 5.74) is 0.417. The number of hydrogen-bond acceptors (Lipinski definition) is 5. The molecule has 0 atom stereocenters. The van der Waals surface area contributed by atoms with Crippen LogP contribution in [0, 0.1) is 0 Å². The Labute approximate surface area is 167 Å². The van der Waals surface area contributed by atoms with Crippen LogP contribution in [0.5, 0.6) is 0 Å². The first kappa shape index (κ1) is 22.1. The number of benzene rings is 1. The summed E-state index contributed by atoms with van der Waals surface area (Å²) in [7, 11) is 0.288. The second-order valence-electron chi connectivity index (χ2n) is 6.99. The molecule has 152 valence electrons. The number of piperidine rings is 1. The maximum absolute atomic E-state index is 12.9. The zero-order valence-electron chi connectivity index (χ0n) is 15.8. The maximum Gasteiger partial charge on any atom is 0.253 e. The number of carbonyl (C=O) groups excluding carboxylic acids is 1. The van der Waals surface area contributed by atoms with Crippen molar-refractivity contribution in [3.05, 3.63) is 29.8 Å². The second kappa shape index (κ2) is 9.34. The monoisotopic (exact) mass is 416 g/mol. The summed E-state index contributed by atoms with van der Waals surface area (Å²) in [5.74, 6) is -0.126.